The number of halogens is 2. The summed E-state index contributed by atoms with van der Waals surface area (Å²) in [4.78, 5) is 11.9. The third-order valence-electron chi connectivity index (χ3n) is 3.01. The molecule has 20 heavy (non-hydrogen) atoms. The second-order valence-electron chi connectivity index (χ2n) is 4.41. The lowest BCUT2D eigenvalue weighted by atomic mass is 10.2. The fourth-order valence-corrected chi connectivity index (χ4v) is 2.05. The smallest absolute Gasteiger partial charge is 0.355 e. The van der Waals surface area contributed by atoms with Crippen molar-refractivity contribution >= 4 is 5.97 Å². The van der Waals surface area contributed by atoms with Gasteiger partial charge in [-0.15, -0.1) is 0 Å². The standard InChI is InChI=1S/C15H15F2NO2/c1-3-20-15(19)14-10(2)7-8-18(14)9-11-5-4-6-12(16)13(11)17/h4-8H,3,9H2,1-2H3. The van der Waals surface area contributed by atoms with Crippen molar-refractivity contribution in [2.24, 2.45) is 0 Å². The van der Waals surface area contributed by atoms with E-state index in [0.29, 0.717) is 5.69 Å². The number of carbonyl (C=O) groups is 1. The van der Waals surface area contributed by atoms with Gasteiger partial charge in [0.2, 0.25) is 0 Å². The molecular formula is C15H15F2NO2. The molecule has 0 bridgehead atoms. The maximum Gasteiger partial charge on any atom is 0.355 e. The Morgan fingerprint density at radius 2 is 2.05 bits per heavy atom. The highest BCUT2D eigenvalue weighted by Crippen LogP contribution is 2.17. The van der Waals surface area contributed by atoms with Gasteiger partial charge in [-0.2, -0.15) is 0 Å². The Morgan fingerprint density at radius 1 is 1.30 bits per heavy atom. The van der Waals surface area contributed by atoms with Crippen molar-refractivity contribution in [3.63, 3.8) is 0 Å². The zero-order chi connectivity index (χ0) is 14.7. The number of benzene rings is 1. The lowest BCUT2D eigenvalue weighted by Crippen LogP contribution is -2.14. The first-order chi connectivity index (χ1) is 9.54. The highest BCUT2D eigenvalue weighted by molar-refractivity contribution is 5.89. The van der Waals surface area contributed by atoms with Crippen molar-refractivity contribution in [1.82, 2.24) is 4.57 Å². The monoisotopic (exact) mass is 279 g/mol. The molecule has 0 fully saturated rings. The number of aryl methyl sites for hydroxylation is 1. The molecule has 0 spiro atoms. The van der Waals surface area contributed by atoms with E-state index in [4.69, 9.17) is 4.74 Å². The summed E-state index contributed by atoms with van der Waals surface area (Å²) in [5.74, 6) is -2.26. The third kappa shape index (κ3) is 2.71. The third-order valence-corrected chi connectivity index (χ3v) is 3.01. The van der Waals surface area contributed by atoms with Crippen molar-refractivity contribution < 1.29 is 18.3 Å². The molecule has 0 atom stereocenters. The van der Waals surface area contributed by atoms with Gasteiger partial charge in [0, 0.05) is 11.8 Å². The van der Waals surface area contributed by atoms with Gasteiger partial charge in [-0.1, -0.05) is 12.1 Å². The Balaban J connectivity index is 2.35. The molecule has 0 saturated carbocycles. The zero-order valence-corrected chi connectivity index (χ0v) is 11.3. The lowest BCUT2D eigenvalue weighted by molar-refractivity contribution is 0.0513. The second kappa shape index (κ2) is 5.86. The minimum atomic E-state index is -0.899. The zero-order valence-electron chi connectivity index (χ0n) is 11.3. The Hall–Kier alpha value is -2.17. The summed E-state index contributed by atoms with van der Waals surface area (Å²) in [7, 11) is 0. The fourth-order valence-electron chi connectivity index (χ4n) is 2.05. The number of hydrogen-bond donors (Lipinski definition) is 0. The molecule has 0 aliphatic heterocycles. The molecule has 3 nitrogen and oxygen atoms in total. The molecule has 106 valence electrons. The molecule has 2 rings (SSSR count). The molecule has 2 aromatic rings. The summed E-state index contributed by atoms with van der Waals surface area (Å²) >= 11 is 0. The van der Waals surface area contributed by atoms with E-state index in [1.807, 2.05) is 0 Å². The average Bonchev–Trinajstić information content (AvgIpc) is 2.76. The number of hydrogen-bond acceptors (Lipinski definition) is 2. The van der Waals surface area contributed by atoms with Gasteiger partial charge in [0.1, 0.15) is 5.69 Å². The molecular weight excluding hydrogens is 264 g/mol. The van der Waals surface area contributed by atoms with Crippen LogP contribution < -0.4 is 0 Å². The summed E-state index contributed by atoms with van der Waals surface area (Å²) in [5.41, 5.74) is 1.28. The van der Waals surface area contributed by atoms with Crippen molar-refractivity contribution in [3.05, 3.63) is 58.9 Å². The van der Waals surface area contributed by atoms with Gasteiger partial charge in [-0.05, 0) is 31.5 Å². The van der Waals surface area contributed by atoms with E-state index < -0.39 is 17.6 Å². The van der Waals surface area contributed by atoms with E-state index in [9.17, 15) is 13.6 Å². The van der Waals surface area contributed by atoms with Crippen LogP contribution in [0.25, 0.3) is 0 Å². The highest BCUT2D eigenvalue weighted by atomic mass is 19.2. The maximum absolute atomic E-state index is 13.7. The molecule has 0 aliphatic carbocycles. The molecule has 1 heterocycles. The molecule has 0 saturated heterocycles. The number of esters is 1. The number of rotatable bonds is 4. The van der Waals surface area contributed by atoms with E-state index in [-0.39, 0.29) is 18.7 Å². The summed E-state index contributed by atoms with van der Waals surface area (Å²) in [5, 5.41) is 0. The number of ether oxygens (including phenoxy) is 1. The molecule has 5 heteroatoms. The first kappa shape index (κ1) is 14.2. The van der Waals surface area contributed by atoms with Crippen molar-refractivity contribution in [1.29, 1.82) is 0 Å². The predicted octanol–water partition coefficient (Wildman–Crippen LogP) is 3.30. The largest absolute Gasteiger partial charge is 0.461 e. The molecule has 0 unspecified atom stereocenters. The van der Waals surface area contributed by atoms with Gasteiger partial charge in [-0.25, -0.2) is 13.6 Å². The molecule has 0 N–H and O–H groups in total. The van der Waals surface area contributed by atoms with Crippen LogP contribution in [-0.2, 0) is 11.3 Å². The van der Waals surface area contributed by atoms with Crippen LogP contribution >= 0.6 is 0 Å². The van der Waals surface area contributed by atoms with E-state index >= 15 is 0 Å². The summed E-state index contributed by atoms with van der Waals surface area (Å²) in [6, 6.07) is 5.73. The normalized spacial score (nSPS) is 10.6. The molecule has 0 amide bonds. The Morgan fingerprint density at radius 3 is 2.75 bits per heavy atom. The minimum absolute atomic E-state index is 0.0750. The Labute approximate surface area is 115 Å². The topological polar surface area (TPSA) is 31.2 Å². The Kier molecular flexibility index (Phi) is 4.17. The molecule has 1 aromatic carbocycles. The number of aromatic nitrogens is 1. The van der Waals surface area contributed by atoms with Crippen LogP contribution in [0.5, 0.6) is 0 Å². The van der Waals surface area contributed by atoms with Crippen LogP contribution in [0.15, 0.2) is 30.5 Å². The summed E-state index contributed by atoms with van der Waals surface area (Å²) in [6.07, 6.45) is 1.66. The van der Waals surface area contributed by atoms with Gasteiger partial charge in [0.05, 0.1) is 13.2 Å². The van der Waals surface area contributed by atoms with Crippen LogP contribution in [-0.4, -0.2) is 17.1 Å². The van der Waals surface area contributed by atoms with Crippen molar-refractivity contribution in [3.8, 4) is 0 Å². The highest BCUT2D eigenvalue weighted by Gasteiger charge is 2.17. The summed E-state index contributed by atoms with van der Waals surface area (Å²) < 4.78 is 33.4. The van der Waals surface area contributed by atoms with Crippen LogP contribution in [0.2, 0.25) is 0 Å². The quantitative estimate of drug-likeness (QED) is 0.804. The SMILES string of the molecule is CCOC(=O)c1c(C)ccn1Cc1cccc(F)c1F. The van der Waals surface area contributed by atoms with Crippen LogP contribution in [0.3, 0.4) is 0 Å². The van der Waals surface area contributed by atoms with Crippen molar-refractivity contribution in [2.75, 3.05) is 6.61 Å². The van der Waals surface area contributed by atoms with Crippen LogP contribution in [0.4, 0.5) is 8.78 Å². The van der Waals surface area contributed by atoms with E-state index in [1.165, 1.54) is 12.1 Å². The fraction of sp³-hybridized carbons (Fsp3) is 0.267. The van der Waals surface area contributed by atoms with Gasteiger partial charge in [0.25, 0.3) is 0 Å². The number of carbonyl (C=O) groups excluding carboxylic acids is 1. The molecule has 0 radical (unpaired) electrons. The maximum atomic E-state index is 13.7. The lowest BCUT2D eigenvalue weighted by Gasteiger charge is -2.10. The minimum Gasteiger partial charge on any atom is -0.461 e. The van der Waals surface area contributed by atoms with Crippen molar-refractivity contribution in [2.45, 2.75) is 20.4 Å². The van der Waals surface area contributed by atoms with Crippen LogP contribution in [0.1, 0.15) is 28.5 Å². The van der Waals surface area contributed by atoms with E-state index in [2.05, 4.69) is 0 Å². The summed E-state index contributed by atoms with van der Waals surface area (Å²) in [6.45, 7) is 3.82. The van der Waals surface area contributed by atoms with Gasteiger partial charge < -0.3 is 9.30 Å². The van der Waals surface area contributed by atoms with Gasteiger partial charge in [0.15, 0.2) is 11.6 Å². The molecule has 1 aromatic heterocycles. The van der Waals surface area contributed by atoms with E-state index in [0.717, 1.165) is 11.6 Å². The first-order valence-electron chi connectivity index (χ1n) is 6.30. The first-order valence-corrected chi connectivity index (χ1v) is 6.30. The number of nitrogens with zero attached hydrogens (tertiary/aromatic N) is 1. The molecule has 0 aliphatic rings. The van der Waals surface area contributed by atoms with Crippen LogP contribution in [0, 0.1) is 18.6 Å². The Bertz CT molecular complexity index is 635. The predicted molar refractivity (Wildman–Crippen MR) is 70.6 cm³/mol. The van der Waals surface area contributed by atoms with Gasteiger partial charge >= 0.3 is 5.97 Å². The average molecular weight is 279 g/mol. The van der Waals surface area contributed by atoms with E-state index in [1.54, 1.807) is 30.7 Å². The van der Waals surface area contributed by atoms with Gasteiger partial charge in [-0.3, -0.25) is 0 Å². The second-order valence-corrected chi connectivity index (χ2v) is 4.41.